The van der Waals surface area contributed by atoms with E-state index in [1.807, 2.05) is 6.08 Å². The Balaban J connectivity index is 0.933. The topological polar surface area (TPSA) is 163 Å². The van der Waals surface area contributed by atoms with Gasteiger partial charge in [0.1, 0.15) is 23.7 Å². The normalized spacial score (nSPS) is 29.3. The number of nitrogens with two attached hydrogens (primary N) is 1. The zero-order chi connectivity index (χ0) is 34.5. The van der Waals surface area contributed by atoms with Crippen LogP contribution < -0.4 is 15.8 Å². The second-order valence-electron chi connectivity index (χ2n) is 14.5. The third-order valence-electron chi connectivity index (χ3n) is 11.8. The van der Waals surface area contributed by atoms with Crippen molar-refractivity contribution in [2.75, 3.05) is 45.5 Å². The Morgan fingerprint density at radius 1 is 0.958 bits per heavy atom. The molecule has 264 valence electrons. The number of nitrogens with one attached hydrogen (secondary N) is 1. The van der Waals surface area contributed by atoms with Crippen LogP contribution in [0.2, 0.25) is 0 Å². The van der Waals surface area contributed by atoms with Crippen molar-refractivity contribution in [2.45, 2.75) is 90.6 Å². The van der Waals surface area contributed by atoms with Gasteiger partial charge >= 0.3 is 0 Å². The van der Waals surface area contributed by atoms with E-state index >= 15 is 0 Å². The average Bonchev–Trinajstić information content (AvgIpc) is 3.39. The molecule has 11 nitrogen and oxygen atoms in total. The van der Waals surface area contributed by atoms with Crippen molar-refractivity contribution in [2.24, 2.45) is 34.3 Å². The smallest absolute Gasteiger partial charge is 0.256 e. The van der Waals surface area contributed by atoms with Gasteiger partial charge in [0.05, 0.1) is 38.7 Å². The van der Waals surface area contributed by atoms with Crippen molar-refractivity contribution in [3.63, 3.8) is 0 Å². The summed E-state index contributed by atoms with van der Waals surface area (Å²) in [6.45, 7) is 5.88. The summed E-state index contributed by atoms with van der Waals surface area (Å²) in [5.74, 6) is 0.705. The van der Waals surface area contributed by atoms with Crippen molar-refractivity contribution < 1.29 is 43.2 Å². The molecule has 0 radical (unpaired) electrons. The monoisotopic (exact) mass is 668 g/mol. The SMILES string of the molecule is COc1ccc(NC(=O)COCCOCCCC(=O)CCOC2CCC3C4CCC5=CC(=O)CCC5(C)C4CCC23C)c(O)c1C(N)=O. The Kier molecular flexibility index (Phi) is 11.6. The zero-order valence-electron chi connectivity index (χ0n) is 28.6. The van der Waals surface area contributed by atoms with Gasteiger partial charge in [0.15, 0.2) is 11.5 Å². The third-order valence-corrected chi connectivity index (χ3v) is 11.8. The molecule has 1 aromatic carbocycles. The van der Waals surface area contributed by atoms with Gasteiger partial charge in [0, 0.05) is 25.9 Å². The molecule has 6 unspecified atom stereocenters. The highest BCUT2D eigenvalue weighted by Crippen LogP contribution is 2.65. The maximum atomic E-state index is 12.6. The molecule has 3 fully saturated rings. The first kappa shape index (κ1) is 36.0. The van der Waals surface area contributed by atoms with E-state index in [2.05, 4.69) is 19.2 Å². The lowest BCUT2D eigenvalue weighted by atomic mass is 9.47. The zero-order valence-corrected chi connectivity index (χ0v) is 28.6. The van der Waals surface area contributed by atoms with Crippen molar-refractivity contribution in [3.8, 4) is 11.5 Å². The van der Waals surface area contributed by atoms with E-state index in [0.29, 0.717) is 62.4 Å². The number of allylic oxidation sites excluding steroid dienone is 1. The summed E-state index contributed by atoms with van der Waals surface area (Å²) in [4.78, 5) is 48.5. The van der Waals surface area contributed by atoms with Crippen LogP contribution in [0.4, 0.5) is 5.69 Å². The molecule has 4 aliphatic rings. The van der Waals surface area contributed by atoms with E-state index in [0.717, 1.165) is 25.7 Å². The number of ketones is 2. The van der Waals surface area contributed by atoms with Gasteiger partial charge in [-0.1, -0.05) is 19.4 Å². The number of anilines is 1. The first-order valence-electron chi connectivity index (χ1n) is 17.5. The minimum absolute atomic E-state index is 0.0167. The number of hydrogen-bond donors (Lipinski definition) is 3. The highest BCUT2D eigenvalue weighted by molar-refractivity contribution is 6.02. The molecule has 2 amide bonds. The van der Waals surface area contributed by atoms with Crippen molar-refractivity contribution in [1.29, 1.82) is 0 Å². The number of rotatable bonds is 16. The number of aromatic hydroxyl groups is 1. The average molecular weight is 669 g/mol. The van der Waals surface area contributed by atoms with E-state index in [4.69, 9.17) is 24.7 Å². The fraction of sp³-hybridized carbons (Fsp3) is 0.676. The summed E-state index contributed by atoms with van der Waals surface area (Å²) < 4.78 is 22.3. The van der Waals surface area contributed by atoms with Crippen LogP contribution in [0.5, 0.6) is 11.5 Å². The molecule has 0 bridgehead atoms. The summed E-state index contributed by atoms with van der Waals surface area (Å²) in [6, 6.07) is 2.82. The minimum Gasteiger partial charge on any atom is -0.505 e. The van der Waals surface area contributed by atoms with E-state index in [-0.39, 0.29) is 59.5 Å². The number of Topliss-reactive ketones (excluding diaryl/α,β-unsaturated/α-hetero) is 1. The summed E-state index contributed by atoms with van der Waals surface area (Å²) in [7, 11) is 1.34. The fourth-order valence-electron chi connectivity index (χ4n) is 9.25. The van der Waals surface area contributed by atoms with Gasteiger partial charge in [-0.25, -0.2) is 0 Å². The van der Waals surface area contributed by atoms with Gasteiger partial charge < -0.3 is 35.1 Å². The number of methoxy groups -OCH3 is 1. The van der Waals surface area contributed by atoms with E-state index in [1.165, 1.54) is 44.1 Å². The molecule has 3 saturated carbocycles. The van der Waals surface area contributed by atoms with Gasteiger partial charge in [0.2, 0.25) is 5.91 Å². The van der Waals surface area contributed by atoms with Gasteiger partial charge in [-0.2, -0.15) is 0 Å². The standard InChI is InChI=1S/C37H52N2O9/c1-36-15-12-25(41)21-23(36)6-7-26-27-8-11-31(37(27,2)16-13-28(26)36)48-18-14-24(40)5-4-17-46-19-20-47-22-32(42)39-29-9-10-30(45-3)33(34(29)43)35(38)44/h9-10,21,26-28,31,43H,4-8,11-20,22H2,1-3H3,(H2,38,44)(H,39,42). The van der Waals surface area contributed by atoms with Crippen molar-refractivity contribution in [1.82, 2.24) is 0 Å². The van der Waals surface area contributed by atoms with E-state index < -0.39 is 17.6 Å². The number of phenols is 1. The largest absolute Gasteiger partial charge is 0.505 e. The second-order valence-corrected chi connectivity index (χ2v) is 14.5. The molecule has 5 rings (SSSR count). The summed E-state index contributed by atoms with van der Waals surface area (Å²) >= 11 is 0. The number of hydrogen-bond acceptors (Lipinski definition) is 9. The van der Waals surface area contributed by atoms with Crippen LogP contribution in [0.15, 0.2) is 23.8 Å². The molecule has 4 N–H and O–H groups in total. The number of ether oxygens (including phenoxy) is 4. The molecule has 6 atom stereocenters. The molecule has 0 aromatic heterocycles. The van der Waals surface area contributed by atoms with Crippen LogP contribution in [0.1, 0.15) is 94.8 Å². The molecule has 4 aliphatic carbocycles. The summed E-state index contributed by atoms with van der Waals surface area (Å²) in [5, 5.41) is 12.8. The molecule has 0 spiro atoms. The van der Waals surface area contributed by atoms with Crippen LogP contribution in [-0.2, 0) is 28.6 Å². The Morgan fingerprint density at radius 2 is 1.75 bits per heavy atom. The molecule has 1 aromatic rings. The quantitative estimate of drug-likeness (QED) is 0.160. The van der Waals surface area contributed by atoms with E-state index in [1.54, 1.807) is 0 Å². The number of carbonyl (C=O) groups excluding carboxylic acids is 4. The van der Waals surface area contributed by atoms with Crippen LogP contribution >= 0.6 is 0 Å². The van der Waals surface area contributed by atoms with Crippen LogP contribution in [0.3, 0.4) is 0 Å². The number of primary amides is 1. The lowest BCUT2D eigenvalue weighted by molar-refractivity contribution is -0.124. The summed E-state index contributed by atoms with van der Waals surface area (Å²) in [6.07, 6.45) is 12.2. The van der Waals surface area contributed by atoms with Crippen LogP contribution in [0.25, 0.3) is 0 Å². The number of benzene rings is 1. The fourth-order valence-corrected chi connectivity index (χ4v) is 9.25. The van der Waals surface area contributed by atoms with Crippen LogP contribution in [0, 0.1) is 28.6 Å². The maximum absolute atomic E-state index is 12.6. The molecule has 11 heteroatoms. The molecule has 0 aliphatic heterocycles. The van der Waals surface area contributed by atoms with Gasteiger partial charge in [-0.3, -0.25) is 19.2 Å². The lowest BCUT2D eigenvalue weighted by Gasteiger charge is -2.58. The number of carbonyl (C=O) groups is 4. The molecular weight excluding hydrogens is 616 g/mol. The first-order valence-corrected chi connectivity index (χ1v) is 17.5. The van der Waals surface area contributed by atoms with Crippen molar-refractivity contribution >= 4 is 29.1 Å². The van der Waals surface area contributed by atoms with Gasteiger partial charge in [-0.05, 0) is 98.2 Å². The highest BCUT2D eigenvalue weighted by atomic mass is 16.5. The highest BCUT2D eigenvalue weighted by Gasteiger charge is 2.59. The summed E-state index contributed by atoms with van der Waals surface area (Å²) in [5.41, 5.74) is 6.84. The minimum atomic E-state index is -0.885. The number of fused-ring (bicyclic) bond motifs is 5. The first-order chi connectivity index (χ1) is 23.0. The second kappa shape index (κ2) is 15.5. The molecule has 0 heterocycles. The Bertz CT molecular complexity index is 1410. The lowest BCUT2D eigenvalue weighted by Crippen LogP contribution is -2.51. The van der Waals surface area contributed by atoms with E-state index in [9.17, 15) is 24.3 Å². The van der Waals surface area contributed by atoms with Crippen molar-refractivity contribution in [3.05, 3.63) is 29.3 Å². The Morgan fingerprint density at radius 3 is 2.52 bits per heavy atom. The van der Waals surface area contributed by atoms with Gasteiger partial charge in [0.25, 0.3) is 5.91 Å². The van der Waals surface area contributed by atoms with Crippen LogP contribution in [-0.4, -0.2) is 74.7 Å². The maximum Gasteiger partial charge on any atom is 0.256 e. The predicted molar refractivity (Wildman–Crippen MR) is 179 cm³/mol. The molecular formula is C37H52N2O9. The third kappa shape index (κ3) is 7.63. The Hall–Kier alpha value is -3.28. The molecule has 48 heavy (non-hydrogen) atoms. The Labute approximate surface area is 283 Å². The number of amides is 2. The molecule has 0 saturated heterocycles. The predicted octanol–water partition coefficient (Wildman–Crippen LogP) is 5.13. The van der Waals surface area contributed by atoms with Gasteiger partial charge in [-0.15, -0.1) is 0 Å².